The SMILES string of the molecule is CCOP(=O)(O)c1ccc(CC(=O)Cc2cc(F)ccc2CN2C(=O)N(c3ccc(F)c(C(F)(F)F)c3)C(=O)C2(C)C)cc1. The van der Waals surface area contributed by atoms with E-state index >= 15 is 0 Å². The standard InChI is InChI=1S/C30H28F5N2O6P/c1-4-43-44(41,42)24-10-5-18(6-11-24)13-23(38)15-20-14-21(31)8-7-19(20)17-36-28(40)37(27(39)29(36,2)3)22-9-12-26(32)25(16-22)30(33,34)35/h5-12,14,16H,4,13,15,17H2,1-3H3,(H,41,42). The number of ketones is 1. The van der Waals surface area contributed by atoms with Gasteiger partial charge in [-0.25, -0.2) is 18.5 Å². The predicted octanol–water partition coefficient (Wildman–Crippen LogP) is 5.93. The Balaban J connectivity index is 1.56. The monoisotopic (exact) mass is 638 g/mol. The van der Waals surface area contributed by atoms with Gasteiger partial charge >= 0.3 is 19.8 Å². The summed E-state index contributed by atoms with van der Waals surface area (Å²) in [6.45, 7) is 4.08. The van der Waals surface area contributed by atoms with Gasteiger partial charge in [-0.3, -0.25) is 14.2 Å². The molecule has 3 amide bonds. The molecule has 0 bridgehead atoms. The van der Waals surface area contributed by atoms with E-state index in [2.05, 4.69) is 0 Å². The minimum absolute atomic E-state index is 0.0294. The Hall–Kier alpha value is -3.93. The number of urea groups is 1. The molecule has 0 radical (unpaired) electrons. The molecular weight excluding hydrogens is 610 g/mol. The van der Waals surface area contributed by atoms with Gasteiger partial charge < -0.3 is 14.3 Å². The number of imide groups is 1. The first-order valence-electron chi connectivity index (χ1n) is 13.3. The normalized spacial score (nSPS) is 16.4. The van der Waals surface area contributed by atoms with E-state index < -0.39 is 54.1 Å². The molecule has 4 rings (SSSR count). The smallest absolute Gasteiger partial charge is 0.321 e. The minimum atomic E-state index is -5.07. The van der Waals surface area contributed by atoms with Gasteiger partial charge in [-0.15, -0.1) is 0 Å². The van der Waals surface area contributed by atoms with E-state index in [0.717, 1.165) is 23.1 Å². The maximum Gasteiger partial charge on any atom is 0.419 e. The number of hydrogen-bond acceptors (Lipinski definition) is 5. The molecule has 3 aromatic rings. The third kappa shape index (κ3) is 6.74. The molecule has 0 aliphatic carbocycles. The van der Waals surface area contributed by atoms with Crippen molar-refractivity contribution < 1.29 is 50.3 Å². The molecule has 1 N–H and O–H groups in total. The van der Waals surface area contributed by atoms with Crippen LogP contribution in [0.15, 0.2) is 60.7 Å². The Bertz CT molecular complexity index is 1660. The van der Waals surface area contributed by atoms with Crippen molar-refractivity contribution in [2.24, 2.45) is 0 Å². The molecule has 1 fully saturated rings. The summed E-state index contributed by atoms with van der Waals surface area (Å²) in [4.78, 5) is 51.2. The summed E-state index contributed by atoms with van der Waals surface area (Å²) in [5, 5.41) is 0.0553. The fraction of sp³-hybridized carbons (Fsp3) is 0.300. The summed E-state index contributed by atoms with van der Waals surface area (Å²) in [5.74, 6) is -3.43. The lowest BCUT2D eigenvalue weighted by atomic mass is 9.97. The van der Waals surface area contributed by atoms with Crippen LogP contribution in [0, 0.1) is 11.6 Å². The zero-order valence-electron chi connectivity index (χ0n) is 23.8. The number of rotatable bonds is 10. The summed E-state index contributed by atoms with van der Waals surface area (Å²) < 4.78 is 85.1. The zero-order valence-corrected chi connectivity index (χ0v) is 24.7. The Morgan fingerprint density at radius 2 is 1.61 bits per heavy atom. The van der Waals surface area contributed by atoms with Gasteiger partial charge in [0.25, 0.3) is 5.91 Å². The summed E-state index contributed by atoms with van der Waals surface area (Å²) in [5.41, 5.74) is -2.61. The van der Waals surface area contributed by atoms with Gasteiger partial charge in [0.15, 0.2) is 0 Å². The lowest BCUT2D eigenvalue weighted by Gasteiger charge is -2.28. The lowest BCUT2D eigenvalue weighted by Crippen LogP contribution is -2.43. The quantitative estimate of drug-likeness (QED) is 0.168. The number of alkyl halides is 3. The van der Waals surface area contributed by atoms with Gasteiger partial charge in [-0.1, -0.05) is 18.2 Å². The molecule has 14 heteroatoms. The lowest BCUT2D eigenvalue weighted by molar-refractivity contribution is -0.140. The molecule has 1 saturated heterocycles. The highest BCUT2D eigenvalue weighted by Crippen LogP contribution is 2.40. The third-order valence-corrected chi connectivity index (χ3v) is 8.75. The van der Waals surface area contributed by atoms with Gasteiger partial charge in [-0.2, -0.15) is 13.2 Å². The molecule has 1 heterocycles. The number of Topliss-reactive ketones (excluding diaryl/α,β-unsaturated/α-hetero) is 1. The molecule has 1 aliphatic heterocycles. The van der Waals surface area contributed by atoms with Crippen molar-refractivity contribution in [2.45, 2.75) is 51.9 Å². The van der Waals surface area contributed by atoms with Gasteiger partial charge in [0, 0.05) is 19.4 Å². The molecule has 8 nitrogen and oxygen atoms in total. The molecular formula is C30H28F5N2O6P. The molecule has 3 aromatic carbocycles. The van der Waals surface area contributed by atoms with Crippen molar-refractivity contribution in [3.63, 3.8) is 0 Å². The second-order valence-corrected chi connectivity index (χ2v) is 12.5. The number of benzene rings is 3. The van der Waals surface area contributed by atoms with Gasteiger partial charge in [0.2, 0.25) is 0 Å². The fourth-order valence-corrected chi connectivity index (χ4v) is 5.86. The van der Waals surface area contributed by atoms with E-state index in [-0.39, 0.29) is 42.6 Å². The molecule has 0 spiro atoms. The van der Waals surface area contributed by atoms with Crippen molar-refractivity contribution in [1.29, 1.82) is 0 Å². The van der Waals surface area contributed by atoms with E-state index in [9.17, 15) is 45.8 Å². The molecule has 1 atom stereocenters. The summed E-state index contributed by atoms with van der Waals surface area (Å²) >= 11 is 0. The molecule has 0 aromatic heterocycles. The predicted molar refractivity (Wildman–Crippen MR) is 150 cm³/mol. The van der Waals surface area contributed by atoms with E-state index in [1.807, 2.05) is 0 Å². The minimum Gasteiger partial charge on any atom is -0.321 e. The van der Waals surface area contributed by atoms with Crippen LogP contribution in [-0.4, -0.2) is 39.7 Å². The van der Waals surface area contributed by atoms with Crippen molar-refractivity contribution in [3.8, 4) is 0 Å². The third-order valence-electron chi connectivity index (χ3n) is 7.19. The van der Waals surface area contributed by atoms with Gasteiger partial charge in [0.05, 0.1) is 23.2 Å². The van der Waals surface area contributed by atoms with Crippen LogP contribution >= 0.6 is 7.60 Å². The van der Waals surface area contributed by atoms with Crippen molar-refractivity contribution in [1.82, 2.24) is 4.90 Å². The van der Waals surface area contributed by atoms with Crippen LogP contribution in [0.1, 0.15) is 43.0 Å². The van der Waals surface area contributed by atoms with E-state index in [1.165, 1.54) is 44.2 Å². The Kier molecular flexibility index (Phi) is 9.16. The Morgan fingerprint density at radius 1 is 0.955 bits per heavy atom. The topological polar surface area (TPSA) is 104 Å². The van der Waals surface area contributed by atoms with Crippen LogP contribution in [0.25, 0.3) is 0 Å². The average Bonchev–Trinajstić information content (AvgIpc) is 3.09. The first-order valence-corrected chi connectivity index (χ1v) is 14.9. The van der Waals surface area contributed by atoms with Crippen molar-refractivity contribution >= 4 is 36.3 Å². The summed E-state index contributed by atoms with van der Waals surface area (Å²) in [7, 11) is -3.99. The Labute approximate surface area is 249 Å². The fourth-order valence-electron chi connectivity index (χ4n) is 4.84. The molecule has 1 unspecified atom stereocenters. The number of nitrogens with zero attached hydrogens (tertiary/aromatic N) is 2. The van der Waals surface area contributed by atoms with E-state index in [0.29, 0.717) is 28.2 Å². The second-order valence-electron chi connectivity index (χ2n) is 10.6. The van der Waals surface area contributed by atoms with Crippen LogP contribution in [0.4, 0.5) is 32.4 Å². The van der Waals surface area contributed by atoms with Crippen molar-refractivity contribution in [3.05, 3.63) is 94.6 Å². The maximum atomic E-state index is 14.3. The summed E-state index contributed by atoms with van der Waals surface area (Å²) in [6.07, 6.45) is -5.44. The highest BCUT2D eigenvalue weighted by atomic mass is 31.2. The highest BCUT2D eigenvalue weighted by Gasteiger charge is 2.52. The number of anilines is 1. The molecule has 0 saturated carbocycles. The molecule has 1 aliphatic rings. The van der Waals surface area contributed by atoms with Crippen LogP contribution in [0.2, 0.25) is 0 Å². The van der Waals surface area contributed by atoms with E-state index in [1.54, 1.807) is 6.92 Å². The highest BCUT2D eigenvalue weighted by molar-refractivity contribution is 7.61. The van der Waals surface area contributed by atoms with Crippen LogP contribution < -0.4 is 10.2 Å². The largest absolute Gasteiger partial charge is 0.419 e. The number of halogens is 5. The number of amides is 3. The van der Waals surface area contributed by atoms with Gasteiger partial charge in [-0.05, 0) is 79.9 Å². The second kappa shape index (κ2) is 12.2. The molecule has 44 heavy (non-hydrogen) atoms. The average molecular weight is 639 g/mol. The number of carbonyl (C=O) groups excluding carboxylic acids is 3. The van der Waals surface area contributed by atoms with Crippen LogP contribution in [0.5, 0.6) is 0 Å². The maximum absolute atomic E-state index is 14.3. The first-order chi connectivity index (χ1) is 20.5. The van der Waals surface area contributed by atoms with Crippen LogP contribution in [-0.2, 0) is 44.2 Å². The molecule has 234 valence electrons. The summed E-state index contributed by atoms with van der Waals surface area (Å²) in [6, 6.07) is 10.1. The van der Waals surface area contributed by atoms with Gasteiger partial charge in [0.1, 0.15) is 23.0 Å². The Morgan fingerprint density at radius 3 is 2.23 bits per heavy atom. The number of hydrogen-bond donors (Lipinski definition) is 1. The van der Waals surface area contributed by atoms with E-state index in [4.69, 9.17) is 4.52 Å². The zero-order chi connectivity index (χ0) is 32.6. The number of carbonyl (C=O) groups is 3. The first kappa shape index (κ1) is 33.0. The van der Waals surface area contributed by atoms with Crippen molar-refractivity contribution in [2.75, 3.05) is 11.5 Å². The van der Waals surface area contributed by atoms with Crippen LogP contribution in [0.3, 0.4) is 0 Å².